The van der Waals surface area contributed by atoms with Crippen molar-refractivity contribution in [3.05, 3.63) is 24.2 Å². The van der Waals surface area contributed by atoms with Crippen LogP contribution in [0.1, 0.15) is 32.6 Å². The van der Waals surface area contributed by atoms with Crippen molar-refractivity contribution < 1.29 is 13.9 Å². The van der Waals surface area contributed by atoms with Gasteiger partial charge in [0.25, 0.3) is 0 Å². The summed E-state index contributed by atoms with van der Waals surface area (Å²) in [5.74, 6) is 0.850. The van der Waals surface area contributed by atoms with Gasteiger partial charge in [0.1, 0.15) is 11.4 Å². The maximum atomic E-state index is 12.0. The van der Waals surface area contributed by atoms with E-state index in [1.165, 1.54) is 0 Å². The highest BCUT2D eigenvalue weighted by molar-refractivity contribution is 5.68. The molecule has 0 spiro atoms. The van der Waals surface area contributed by atoms with Gasteiger partial charge in [-0.05, 0) is 32.9 Å². The molecule has 0 aliphatic carbocycles. The molecule has 2 heterocycles. The smallest absolute Gasteiger partial charge is 0.410 e. The fourth-order valence-electron chi connectivity index (χ4n) is 1.92. The fraction of sp³-hybridized carbons (Fsp3) is 0.615. The van der Waals surface area contributed by atoms with Gasteiger partial charge in [-0.25, -0.2) is 4.79 Å². The molecule has 1 aliphatic rings. The molecule has 2 rings (SSSR count). The minimum absolute atomic E-state index is 0.0428. The molecular formula is C13H20N2O3. The maximum Gasteiger partial charge on any atom is 0.410 e. The summed E-state index contributed by atoms with van der Waals surface area (Å²) in [6, 6.07) is 3.81. The van der Waals surface area contributed by atoms with Gasteiger partial charge in [-0.1, -0.05) is 0 Å². The number of amides is 1. The zero-order valence-corrected chi connectivity index (χ0v) is 11.1. The Morgan fingerprint density at radius 1 is 1.56 bits per heavy atom. The van der Waals surface area contributed by atoms with Crippen molar-refractivity contribution in [2.75, 3.05) is 19.6 Å². The van der Waals surface area contributed by atoms with Crippen LogP contribution in [-0.4, -0.2) is 36.2 Å². The average Bonchev–Trinajstić information content (AvgIpc) is 2.80. The Bertz CT molecular complexity index is 395. The minimum atomic E-state index is -0.456. The molecule has 0 bridgehead atoms. The topological polar surface area (TPSA) is 54.7 Å². The van der Waals surface area contributed by atoms with Crippen molar-refractivity contribution in [1.82, 2.24) is 10.2 Å². The molecular weight excluding hydrogens is 232 g/mol. The van der Waals surface area contributed by atoms with Crippen molar-refractivity contribution in [3.8, 4) is 0 Å². The predicted molar refractivity (Wildman–Crippen MR) is 67.3 cm³/mol. The van der Waals surface area contributed by atoms with Crippen molar-refractivity contribution in [2.45, 2.75) is 32.4 Å². The number of piperazine rings is 1. The number of hydrogen-bond acceptors (Lipinski definition) is 4. The molecule has 1 saturated heterocycles. The van der Waals surface area contributed by atoms with E-state index in [-0.39, 0.29) is 12.1 Å². The van der Waals surface area contributed by atoms with E-state index < -0.39 is 5.60 Å². The van der Waals surface area contributed by atoms with Gasteiger partial charge in [0.2, 0.25) is 0 Å². The second-order valence-electron chi connectivity index (χ2n) is 5.45. The summed E-state index contributed by atoms with van der Waals surface area (Å²) in [6.07, 6.45) is 1.38. The number of carbonyl (C=O) groups is 1. The van der Waals surface area contributed by atoms with Crippen LogP contribution < -0.4 is 5.32 Å². The number of ether oxygens (including phenoxy) is 1. The molecule has 0 unspecified atom stereocenters. The van der Waals surface area contributed by atoms with E-state index in [2.05, 4.69) is 5.32 Å². The number of nitrogens with one attached hydrogen (secondary N) is 1. The standard InChI is InChI=1S/C13H20N2O3/c1-13(2,3)18-12(16)15-7-6-14-10(9-15)11-5-4-8-17-11/h4-5,8,10,14H,6-7,9H2,1-3H3/t10-/m1/s1. The summed E-state index contributed by atoms with van der Waals surface area (Å²) < 4.78 is 10.7. The Labute approximate surface area is 107 Å². The van der Waals surface area contributed by atoms with Crippen LogP contribution in [0.3, 0.4) is 0 Å². The van der Waals surface area contributed by atoms with Crippen molar-refractivity contribution in [3.63, 3.8) is 0 Å². The van der Waals surface area contributed by atoms with E-state index in [1.807, 2.05) is 32.9 Å². The first-order valence-electron chi connectivity index (χ1n) is 6.20. The van der Waals surface area contributed by atoms with Gasteiger partial charge in [0.05, 0.1) is 12.3 Å². The zero-order chi connectivity index (χ0) is 13.2. The third kappa shape index (κ3) is 3.26. The molecule has 1 amide bonds. The number of carbonyl (C=O) groups excluding carboxylic acids is 1. The Morgan fingerprint density at radius 2 is 2.33 bits per heavy atom. The predicted octanol–water partition coefficient (Wildman–Crippen LogP) is 2.16. The number of rotatable bonds is 1. The van der Waals surface area contributed by atoms with Gasteiger partial charge < -0.3 is 19.4 Å². The SMILES string of the molecule is CC(C)(C)OC(=O)N1CCN[C@@H](c2ccco2)C1. The van der Waals surface area contributed by atoms with Crippen LogP contribution in [0, 0.1) is 0 Å². The zero-order valence-electron chi connectivity index (χ0n) is 11.1. The summed E-state index contributed by atoms with van der Waals surface area (Å²) >= 11 is 0. The Kier molecular flexibility index (Phi) is 3.61. The lowest BCUT2D eigenvalue weighted by atomic mass is 10.1. The van der Waals surface area contributed by atoms with Crippen LogP contribution in [0.4, 0.5) is 4.79 Å². The van der Waals surface area contributed by atoms with E-state index in [9.17, 15) is 4.79 Å². The molecule has 0 saturated carbocycles. The lowest BCUT2D eigenvalue weighted by Crippen LogP contribution is -2.49. The van der Waals surface area contributed by atoms with Gasteiger partial charge in [-0.3, -0.25) is 0 Å². The molecule has 1 N–H and O–H groups in total. The fourth-order valence-corrected chi connectivity index (χ4v) is 1.92. The lowest BCUT2D eigenvalue weighted by molar-refractivity contribution is 0.0188. The second kappa shape index (κ2) is 5.02. The second-order valence-corrected chi connectivity index (χ2v) is 5.45. The monoisotopic (exact) mass is 252 g/mol. The van der Waals surface area contributed by atoms with Crippen LogP contribution in [0.5, 0.6) is 0 Å². The summed E-state index contributed by atoms with van der Waals surface area (Å²) in [6.45, 7) is 7.59. The van der Waals surface area contributed by atoms with Crippen LogP contribution >= 0.6 is 0 Å². The molecule has 5 nitrogen and oxygen atoms in total. The highest BCUT2D eigenvalue weighted by Crippen LogP contribution is 2.19. The quantitative estimate of drug-likeness (QED) is 0.832. The Hall–Kier alpha value is -1.49. The number of nitrogens with zero attached hydrogens (tertiary/aromatic N) is 1. The van der Waals surface area contributed by atoms with Crippen molar-refractivity contribution in [2.24, 2.45) is 0 Å². The van der Waals surface area contributed by atoms with Crippen molar-refractivity contribution >= 4 is 6.09 Å². The van der Waals surface area contributed by atoms with E-state index in [0.717, 1.165) is 12.3 Å². The summed E-state index contributed by atoms with van der Waals surface area (Å²) in [5, 5.41) is 3.33. The van der Waals surface area contributed by atoms with Crippen molar-refractivity contribution in [1.29, 1.82) is 0 Å². The van der Waals surface area contributed by atoms with Crippen LogP contribution in [0.15, 0.2) is 22.8 Å². The molecule has 1 fully saturated rings. The van der Waals surface area contributed by atoms with Crippen LogP contribution in [-0.2, 0) is 4.74 Å². The van der Waals surface area contributed by atoms with Gasteiger partial charge in [0.15, 0.2) is 0 Å². The minimum Gasteiger partial charge on any atom is -0.468 e. The number of furan rings is 1. The normalized spacial score (nSPS) is 20.8. The molecule has 0 radical (unpaired) electrons. The van der Waals surface area contributed by atoms with E-state index in [4.69, 9.17) is 9.15 Å². The summed E-state index contributed by atoms with van der Waals surface area (Å²) in [5.41, 5.74) is -0.456. The Balaban J connectivity index is 1.96. The highest BCUT2D eigenvalue weighted by Gasteiger charge is 2.28. The molecule has 1 aliphatic heterocycles. The summed E-state index contributed by atoms with van der Waals surface area (Å²) in [7, 11) is 0. The Morgan fingerprint density at radius 3 is 2.94 bits per heavy atom. The lowest BCUT2D eigenvalue weighted by Gasteiger charge is -2.34. The largest absolute Gasteiger partial charge is 0.468 e. The van der Waals surface area contributed by atoms with Crippen LogP contribution in [0.2, 0.25) is 0 Å². The highest BCUT2D eigenvalue weighted by atomic mass is 16.6. The van der Waals surface area contributed by atoms with Crippen LogP contribution in [0.25, 0.3) is 0 Å². The first kappa shape index (κ1) is 13.0. The molecule has 1 aromatic heterocycles. The van der Waals surface area contributed by atoms with E-state index in [1.54, 1.807) is 11.2 Å². The van der Waals surface area contributed by atoms with Gasteiger partial charge in [-0.15, -0.1) is 0 Å². The summed E-state index contributed by atoms with van der Waals surface area (Å²) in [4.78, 5) is 13.7. The third-order valence-corrected chi connectivity index (χ3v) is 2.71. The molecule has 5 heteroatoms. The van der Waals surface area contributed by atoms with E-state index >= 15 is 0 Å². The third-order valence-electron chi connectivity index (χ3n) is 2.71. The van der Waals surface area contributed by atoms with Gasteiger partial charge in [-0.2, -0.15) is 0 Å². The van der Waals surface area contributed by atoms with Gasteiger partial charge >= 0.3 is 6.09 Å². The number of hydrogen-bond donors (Lipinski definition) is 1. The molecule has 100 valence electrons. The molecule has 18 heavy (non-hydrogen) atoms. The van der Waals surface area contributed by atoms with E-state index in [0.29, 0.717) is 13.1 Å². The maximum absolute atomic E-state index is 12.0. The average molecular weight is 252 g/mol. The first-order valence-corrected chi connectivity index (χ1v) is 6.20. The van der Waals surface area contributed by atoms with Gasteiger partial charge in [0, 0.05) is 19.6 Å². The first-order chi connectivity index (χ1) is 8.46. The molecule has 1 aromatic rings. The molecule has 1 atom stereocenters. The molecule has 0 aromatic carbocycles.